The van der Waals surface area contributed by atoms with Crippen LogP contribution in [0, 0.1) is 17.2 Å². The number of nitriles is 1. The Morgan fingerprint density at radius 1 is 1.43 bits per heavy atom. The summed E-state index contributed by atoms with van der Waals surface area (Å²) in [7, 11) is 0. The summed E-state index contributed by atoms with van der Waals surface area (Å²) < 4.78 is 5.47. The van der Waals surface area contributed by atoms with Crippen molar-refractivity contribution < 1.29 is 14.6 Å². The van der Waals surface area contributed by atoms with Gasteiger partial charge in [0.2, 0.25) is 0 Å². The van der Waals surface area contributed by atoms with E-state index in [0.29, 0.717) is 23.8 Å². The van der Waals surface area contributed by atoms with Crippen LogP contribution in [0.3, 0.4) is 0 Å². The van der Waals surface area contributed by atoms with Crippen molar-refractivity contribution in [3.8, 4) is 11.8 Å². The number of hydrogen-bond acceptors (Lipinski definition) is 4. The lowest BCUT2D eigenvalue weighted by atomic mass is 9.95. The van der Waals surface area contributed by atoms with E-state index in [-0.39, 0.29) is 19.1 Å². The van der Waals surface area contributed by atoms with Gasteiger partial charge in [0.25, 0.3) is 5.91 Å². The van der Waals surface area contributed by atoms with Gasteiger partial charge in [0.05, 0.1) is 11.6 Å². The first kappa shape index (κ1) is 15.3. The van der Waals surface area contributed by atoms with E-state index in [1.165, 1.54) is 0 Å². The first-order valence-corrected chi connectivity index (χ1v) is 7.24. The summed E-state index contributed by atoms with van der Waals surface area (Å²) >= 11 is 0. The number of likely N-dealkylation sites (tertiary alicyclic amines) is 1. The monoisotopic (exact) mass is 288 g/mol. The van der Waals surface area contributed by atoms with Crippen molar-refractivity contribution in [2.45, 2.75) is 19.3 Å². The zero-order valence-corrected chi connectivity index (χ0v) is 12.0. The molecule has 1 N–H and O–H groups in total. The van der Waals surface area contributed by atoms with Crippen LogP contribution in [-0.2, 0) is 4.79 Å². The third kappa shape index (κ3) is 4.47. The number of carbonyl (C=O) groups excluding carboxylic acids is 1. The highest BCUT2D eigenvalue weighted by Crippen LogP contribution is 2.19. The fourth-order valence-electron chi connectivity index (χ4n) is 2.57. The van der Waals surface area contributed by atoms with Gasteiger partial charge < -0.3 is 14.7 Å². The Hall–Kier alpha value is -2.06. The number of ether oxygens (including phenoxy) is 1. The van der Waals surface area contributed by atoms with Crippen LogP contribution in [0.5, 0.6) is 5.75 Å². The highest BCUT2D eigenvalue weighted by atomic mass is 16.5. The van der Waals surface area contributed by atoms with Gasteiger partial charge in [-0.2, -0.15) is 5.26 Å². The van der Waals surface area contributed by atoms with Crippen LogP contribution in [0.2, 0.25) is 0 Å². The quantitative estimate of drug-likeness (QED) is 0.892. The zero-order valence-electron chi connectivity index (χ0n) is 12.0. The molecular weight excluding hydrogens is 268 g/mol. The van der Waals surface area contributed by atoms with Gasteiger partial charge in [0.1, 0.15) is 5.75 Å². The second kappa shape index (κ2) is 7.65. The summed E-state index contributed by atoms with van der Waals surface area (Å²) in [6.07, 6.45) is 2.80. The van der Waals surface area contributed by atoms with E-state index in [2.05, 4.69) is 0 Å². The molecule has 1 fully saturated rings. The van der Waals surface area contributed by atoms with Gasteiger partial charge in [0, 0.05) is 19.7 Å². The molecule has 2 rings (SSSR count). The molecular formula is C16H20N2O3. The Morgan fingerprint density at radius 3 is 2.86 bits per heavy atom. The molecule has 0 saturated carbocycles. The molecule has 1 aromatic rings. The number of carbonyl (C=O) groups is 1. The molecule has 0 aromatic heterocycles. The highest BCUT2D eigenvalue weighted by molar-refractivity contribution is 5.77. The molecule has 112 valence electrons. The minimum absolute atomic E-state index is 0.0117. The molecule has 1 heterocycles. The van der Waals surface area contributed by atoms with Crippen LogP contribution in [0.1, 0.15) is 24.8 Å². The minimum Gasteiger partial charge on any atom is -0.484 e. The van der Waals surface area contributed by atoms with Crippen molar-refractivity contribution in [1.82, 2.24) is 4.90 Å². The number of benzene rings is 1. The smallest absolute Gasteiger partial charge is 0.260 e. The molecule has 5 nitrogen and oxygen atoms in total. The summed E-state index contributed by atoms with van der Waals surface area (Å²) in [5.74, 6) is 0.955. The first-order valence-electron chi connectivity index (χ1n) is 7.24. The molecule has 1 amide bonds. The lowest BCUT2D eigenvalue weighted by molar-refractivity contribution is -0.135. The second-order valence-corrected chi connectivity index (χ2v) is 5.29. The molecule has 0 bridgehead atoms. The van der Waals surface area contributed by atoms with E-state index >= 15 is 0 Å². The molecule has 5 heteroatoms. The van der Waals surface area contributed by atoms with Gasteiger partial charge in [0.15, 0.2) is 6.61 Å². The third-order valence-corrected chi connectivity index (χ3v) is 3.75. The first-order chi connectivity index (χ1) is 10.2. The fraction of sp³-hybridized carbons (Fsp3) is 0.500. The molecule has 0 radical (unpaired) electrons. The highest BCUT2D eigenvalue weighted by Gasteiger charge is 2.23. The number of nitrogens with zero attached hydrogens (tertiary/aromatic N) is 2. The summed E-state index contributed by atoms with van der Waals surface area (Å²) in [4.78, 5) is 13.9. The average molecular weight is 288 g/mol. The van der Waals surface area contributed by atoms with Crippen molar-refractivity contribution in [1.29, 1.82) is 5.26 Å². The topological polar surface area (TPSA) is 73.6 Å². The molecule has 1 aromatic carbocycles. The molecule has 1 saturated heterocycles. The summed E-state index contributed by atoms with van der Waals surface area (Å²) in [6.45, 7) is 1.65. The lowest BCUT2D eigenvalue weighted by Gasteiger charge is -2.32. The normalized spacial score (nSPS) is 18.1. The van der Waals surface area contributed by atoms with Crippen molar-refractivity contribution in [3.05, 3.63) is 29.8 Å². The Morgan fingerprint density at radius 2 is 2.19 bits per heavy atom. The number of amides is 1. The summed E-state index contributed by atoms with van der Waals surface area (Å²) in [6, 6.07) is 8.75. The van der Waals surface area contributed by atoms with Gasteiger partial charge in [-0.3, -0.25) is 4.79 Å². The van der Waals surface area contributed by atoms with E-state index < -0.39 is 0 Å². The Bertz CT molecular complexity index is 505. The van der Waals surface area contributed by atoms with Crippen LogP contribution in [0.15, 0.2) is 24.3 Å². The standard InChI is InChI=1S/C16H20N2O3/c17-10-13-3-5-15(6-4-13)21-12-16(20)18-8-1-2-14(11-18)7-9-19/h3-6,14,19H,1-2,7-9,11-12H2. The van der Waals surface area contributed by atoms with E-state index in [9.17, 15) is 4.79 Å². The molecule has 21 heavy (non-hydrogen) atoms. The zero-order chi connectivity index (χ0) is 15.1. The molecule has 1 unspecified atom stereocenters. The van der Waals surface area contributed by atoms with Crippen molar-refractivity contribution in [3.63, 3.8) is 0 Å². The van der Waals surface area contributed by atoms with Crippen molar-refractivity contribution in [2.24, 2.45) is 5.92 Å². The Labute approximate surface area is 124 Å². The van der Waals surface area contributed by atoms with E-state index in [0.717, 1.165) is 25.8 Å². The second-order valence-electron chi connectivity index (χ2n) is 5.29. The largest absolute Gasteiger partial charge is 0.484 e. The number of piperidine rings is 1. The van der Waals surface area contributed by atoms with Gasteiger partial charge in [-0.25, -0.2) is 0 Å². The summed E-state index contributed by atoms with van der Waals surface area (Å²) in [5, 5.41) is 17.7. The van der Waals surface area contributed by atoms with Crippen LogP contribution in [0.4, 0.5) is 0 Å². The van der Waals surface area contributed by atoms with Gasteiger partial charge >= 0.3 is 0 Å². The van der Waals surface area contributed by atoms with Crippen LogP contribution in [-0.4, -0.2) is 42.2 Å². The number of aliphatic hydroxyl groups excluding tert-OH is 1. The van der Waals surface area contributed by atoms with Crippen molar-refractivity contribution >= 4 is 5.91 Å². The van der Waals surface area contributed by atoms with Crippen LogP contribution in [0.25, 0.3) is 0 Å². The molecule has 1 atom stereocenters. The molecule has 1 aliphatic heterocycles. The lowest BCUT2D eigenvalue weighted by Crippen LogP contribution is -2.42. The van der Waals surface area contributed by atoms with E-state index in [4.69, 9.17) is 15.1 Å². The Balaban J connectivity index is 1.82. The maximum Gasteiger partial charge on any atom is 0.260 e. The predicted octanol–water partition coefficient (Wildman–Crippen LogP) is 1.56. The predicted molar refractivity (Wildman–Crippen MR) is 77.7 cm³/mol. The number of hydrogen-bond donors (Lipinski definition) is 1. The van der Waals surface area contributed by atoms with E-state index in [1.54, 1.807) is 24.3 Å². The number of rotatable bonds is 5. The van der Waals surface area contributed by atoms with Gasteiger partial charge in [-0.1, -0.05) is 0 Å². The van der Waals surface area contributed by atoms with E-state index in [1.807, 2.05) is 11.0 Å². The molecule has 0 spiro atoms. The molecule has 0 aliphatic carbocycles. The average Bonchev–Trinajstić information content (AvgIpc) is 2.53. The Kier molecular flexibility index (Phi) is 5.59. The SMILES string of the molecule is N#Cc1ccc(OCC(=O)N2CCCC(CCO)C2)cc1. The minimum atomic E-state index is -0.0259. The molecule has 1 aliphatic rings. The summed E-state index contributed by atoms with van der Waals surface area (Å²) in [5.41, 5.74) is 0.566. The van der Waals surface area contributed by atoms with Crippen molar-refractivity contribution in [2.75, 3.05) is 26.3 Å². The fourth-order valence-corrected chi connectivity index (χ4v) is 2.57. The van der Waals surface area contributed by atoms with Crippen LogP contribution < -0.4 is 4.74 Å². The third-order valence-electron chi connectivity index (χ3n) is 3.75. The van der Waals surface area contributed by atoms with Gasteiger partial charge in [-0.05, 0) is 49.4 Å². The maximum absolute atomic E-state index is 12.1. The number of aliphatic hydroxyl groups is 1. The van der Waals surface area contributed by atoms with Crippen LogP contribution >= 0.6 is 0 Å². The maximum atomic E-state index is 12.1. The van der Waals surface area contributed by atoms with Gasteiger partial charge in [-0.15, -0.1) is 0 Å².